The van der Waals surface area contributed by atoms with E-state index < -0.39 is 0 Å². The van der Waals surface area contributed by atoms with Gasteiger partial charge in [-0.15, -0.1) is 0 Å². The van der Waals surface area contributed by atoms with E-state index in [0.717, 1.165) is 32.2 Å². The molecule has 1 rings (SSSR count). The van der Waals surface area contributed by atoms with Crippen LogP contribution in [0.4, 0.5) is 0 Å². The van der Waals surface area contributed by atoms with E-state index in [9.17, 15) is 0 Å². The first-order chi connectivity index (χ1) is 10.1. The van der Waals surface area contributed by atoms with Crippen LogP contribution in [0.5, 0.6) is 0 Å². The standard InChI is InChI=1S/C16H34N4O/c1-6-17-16(19-14(4)13(2)3)18-12-15-8-7-9-20(15)10-11-21-5/h13-15H,6-12H2,1-5H3,(H2,17,18,19). The number of methoxy groups -OCH3 is 1. The van der Waals surface area contributed by atoms with E-state index in [1.165, 1.54) is 19.4 Å². The Labute approximate surface area is 130 Å². The molecule has 0 amide bonds. The molecule has 1 aliphatic rings. The SMILES string of the molecule is CCNC(=NCC1CCCN1CCOC)NC(C)C(C)C. The largest absolute Gasteiger partial charge is 0.383 e. The van der Waals surface area contributed by atoms with Crippen LogP contribution in [0.15, 0.2) is 4.99 Å². The Morgan fingerprint density at radius 2 is 2.14 bits per heavy atom. The van der Waals surface area contributed by atoms with Crippen molar-refractivity contribution in [1.82, 2.24) is 15.5 Å². The van der Waals surface area contributed by atoms with Crippen molar-refractivity contribution in [2.45, 2.75) is 52.6 Å². The van der Waals surface area contributed by atoms with Crippen molar-refractivity contribution in [3.8, 4) is 0 Å². The van der Waals surface area contributed by atoms with Crippen LogP contribution >= 0.6 is 0 Å². The van der Waals surface area contributed by atoms with Crippen molar-refractivity contribution in [1.29, 1.82) is 0 Å². The van der Waals surface area contributed by atoms with Gasteiger partial charge in [-0.1, -0.05) is 13.8 Å². The number of nitrogens with one attached hydrogen (secondary N) is 2. The Morgan fingerprint density at radius 3 is 2.76 bits per heavy atom. The minimum atomic E-state index is 0.427. The number of aliphatic imine (C=N–C) groups is 1. The quantitative estimate of drug-likeness (QED) is 0.529. The fraction of sp³-hybridized carbons (Fsp3) is 0.938. The summed E-state index contributed by atoms with van der Waals surface area (Å²) in [5.41, 5.74) is 0. The second-order valence-corrected chi connectivity index (χ2v) is 6.22. The summed E-state index contributed by atoms with van der Waals surface area (Å²) in [6, 6.07) is 0.987. The second kappa shape index (κ2) is 10.0. The average molecular weight is 298 g/mol. The van der Waals surface area contributed by atoms with Crippen molar-refractivity contribution < 1.29 is 4.74 Å². The molecule has 1 heterocycles. The molecule has 1 aliphatic heterocycles. The van der Waals surface area contributed by atoms with Crippen LogP contribution < -0.4 is 10.6 Å². The second-order valence-electron chi connectivity index (χ2n) is 6.22. The lowest BCUT2D eigenvalue weighted by Gasteiger charge is -2.24. The summed E-state index contributed by atoms with van der Waals surface area (Å²) < 4.78 is 5.19. The lowest BCUT2D eigenvalue weighted by atomic mass is 10.1. The summed E-state index contributed by atoms with van der Waals surface area (Å²) in [5.74, 6) is 1.54. The Balaban J connectivity index is 2.51. The third kappa shape index (κ3) is 6.66. The zero-order chi connectivity index (χ0) is 15.7. The summed E-state index contributed by atoms with van der Waals surface area (Å²) in [6.07, 6.45) is 2.52. The number of hydrogen-bond acceptors (Lipinski definition) is 3. The minimum absolute atomic E-state index is 0.427. The van der Waals surface area contributed by atoms with Gasteiger partial charge in [-0.05, 0) is 39.2 Å². The summed E-state index contributed by atoms with van der Waals surface area (Å²) in [5, 5.41) is 6.84. The molecule has 2 N–H and O–H groups in total. The number of likely N-dealkylation sites (tertiary alicyclic amines) is 1. The highest BCUT2D eigenvalue weighted by Crippen LogP contribution is 2.16. The van der Waals surface area contributed by atoms with E-state index in [-0.39, 0.29) is 0 Å². The van der Waals surface area contributed by atoms with E-state index in [4.69, 9.17) is 9.73 Å². The lowest BCUT2D eigenvalue weighted by molar-refractivity contribution is 0.142. The molecule has 5 nitrogen and oxygen atoms in total. The topological polar surface area (TPSA) is 48.9 Å². The molecule has 1 fully saturated rings. The van der Waals surface area contributed by atoms with Crippen molar-refractivity contribution in [2.75, 3.05) is 39.9 Å². The van der Waals surface area contributed by atoms with E-state index in [2.05, 4.69) is 43.2 Å². The van der Waals surface area contributed by atoms with Gasteiger partial charge in [0.05, 0.1) is 13.2 Å². The molecule has 0 aromatic heterocycles. The van der Waals surface area contributed by atoms with E-state index in [1.807, 2.05) is 0 Å². The predicted octanol–water partition coefficient (Wildman–Crippen LogP) is 1.70. The number of nitrogens with zero attached hydrogens (tertiary/aromatic N) is 2. The van der Waals surface area contributed by atoms with Crippen molar-refractivity contribution in [3.63, 3.8) is 0 Å². The van der Waals surface area contributed by atoms with Crippen LogP contribution in [0.3, 0.4) is 0 Å². The number of hydrogen-bond donors (Lipinski definition) is 2. The molecule has 124 valence electrons. The fourth-order valence-electron chi connectivity index (χ4n) is 2.50. The van der Waals surface area contributed by atoms with Crippen molar-refractivity contribution in [3.05, 3.63) is 0 Å². The van der Waals surface area contributed by atoms with Crippen LogP contribution in [0.1, 0.15) is 40.5 Å². The molecule has 0 radical (unpaired) electrons. The van der Waals surface area contributed by atoms with Crippen LogP contribution in [0.25, 0.3) is 0 Å². The maximum Gasteiger partial charge on any atom is 0.191 e. The fourth-order valence-corrected chi connectivity index (χ4v) is 2.50. The molecule has 21 heavy (non-hydrogen) atoms. The first-order valence-electron chi connectivity index (χ1n) is 8.36. The zero-order valence-corrected chi connectivity index (χ0v) is 14.5. The van der Waals surface area contributed by atoms with Crippen molar-refractivity contribution >= 4 is 5.96 Å². The van der Waals surface area contributed by atoms with Gasteiger partial charge in [-0.25, -0.2) is 0 Å². The first-order valence-corrected chi connectivity index (χ1v) is 8.36. The van der Waals surface area contributed by atoms with Crippen molar-refractivity contribution in [2.24, 2.45) is 10.9 Å². The lowest BCUT2D eigenvalue weighted by Crippen LogP contribution is -2.45. The predicted molar refractivity (Wildman–Crippen MR) is 89.9 cm³/mol. The van der Waals surface area contributed by atoms with Gasteiger partial charge in [0.25, 0.3) is 0 Å². The maximum absolute atomic E-state index is 5.19. The van der Waals surface area contributed by atoms with Crippen LogP contribution in [0, 0.1) is 5.92 Å². The first kappa shape index (κ1) is 18.2. The van der Waals surface area contributed by atoms with Gasteiger partial charge in [0.15, 0.2) is 5.96 Å². The van der Waals surface area contributed by atoms with Crippen LogP contribution in [-0.4, -0.2) is 62.8 Å². The normalized spacial score (nSPS) is 21.8. The highest BCUT2D eigenvalue weighted by atomic mass is 16.5. The van der Waals surface area contributed by atoms with Gasteiger partial charge in [0.2, 0.25) is 0 Å². The molecule has 0 aromatic rings. The Hall–Kier alpha value is -0.810. The molecule has 0 aromatic carbocycles. The molecule has 0 aliphatic carbocycles. The highest BCUT2D eigenvalue weighted by Gasteiger charge is 2.23. The van der Waals surface area contributed by atoms with E-state index >= 15 is 0 Å². The molecule has 2 unspecified atom stereocenters. The monoisotopic (exact) mass is 298 g/mol. The average Bonchev–Trinajstić information content (AvgIpc) is 2.90. The van der Waals surface area contributed by atoms with Gasteiger partial charge in [-0.3, -0.25) is 9.89 Å². The van der Waals surface area contributed by atoms with E-state index in [0.29, 0.717) is 18.0 Å². The summed E-state index contributed by atoms with van der Waals surface area (Å²) in [4.78, 5) is 7.29. The molecule has 0 saturated carbocycles. The van der Waals surface area contributed by atoms with Crippen LogP contribution in [0.2, 0.25) is 0 Å². The smallest absolute Gasteiger partial charge is 0.191 e. The summed E-state index contributed by atoms with van der Waals surface area (Å²) in [6.45, 7) is 13.5. The Morgan fingerprint density at radius 1 is 1.38 bits per heavy atom. The molecule has 5 heteroatoms. The molecule has 1 saturated heterocycles. The molecular formula is C16H34N4O. The van der Waals surface area contributed by atoms with Gasteiger partial charge < -0.3 is 15.4 Å². The number of guanidine groups is 1. The van der Waals surface area contributed by atoms with Gasteiger partial charge in [0, 0.05) is 32.3 Å². The summed E-state index contributed by atoms with van der Waals surface area (Å²) >= 11 is 0. The Kier molecular flexibility index (Phi) is 8.69. The van der Waals surface area contributed by atoms with Gasteiger partial charge in [-0.2, -0.15) is 0 Å². The number of ether oxygens (including phenoxy) is 1. The van der Waals surface area contributed by atoms with Gasteiger partial charge in [0.1, 0.15) is 0 Å². The molecular weight excluding hydrogens is 264 g/mol. The Bertz CT molecular complexity index is 307. The molecule has 0 spiro atoms. The van der Waals surface area contributed by atoms with E-state index in [1.54, 1.807) is 7.11 Å². The molecule has 0 bridgehead atoms. The maximum atomic E-state index is 5.19. The number of rotatable bonds is 8. The summed E-state index contributed by atoms with van der Waals surface area (Å²) in [7, 11) is 1.77. The third-order valence-electron chi connectivity index (χ3n) is 4.25. The van der Waals surface area contributed by atoms with Gasteiger partial charge >= 0.3 is 0 Å². The molecule has 2 atom stereocenters. The van der Waals surface area contributed by atoms with Crippen LogP contribution in [-0.2, 0) is 4.74 Å². The minimum Gasteiger partial charge on any atom is -0.383 e. The zero-order valence-electron chi connectivity index (χ0n) is 14.5. The highest BCUT2D eigenvalue weighted by molar-refractivity contribution is 5.80. The third-order valence-corrected chi connectivity index (χ3v) is 4.25.